The lowest BCUT2D eigenvalue weighted by Gasteiger charge is -2.31. The number of aromatic nitrogens is 3. The fraction of sp³-hybridized carbons (Fsp3) is 0.545. The largest absolute Gasteiger partial charge is 0.476 e. The quantitative estimate of drug-likeness (QED) is 0.576. The van der Waals surface area contributed by atoms with Crippen LogP contribution in [0.2, 0.25) is 0 Å². The molecule has 0 radical (unpaired) electrons. The van der Waals surface area contributed by atoms with Crippen LogP contribution in [0.5, 0.6) is 11.9 Å². The van der Waals surface area contributed by atoms with Crippen LogP contribution in [-0.4, -0.2) is 72.3 Å². The van der Waals surface area contributed by atoms with Crippen molar-refractivity contribution in [3.05, 3.63) is 29.5 Å². The first-order valence-electron chi connectivity index (χ1n) is 10.9. The Morgan fingerprint density at radius 1 is 1.19 bits per heavy atom. The molecule has 4 heterocycles. The molecule has 10 nitrogen and oxygen atoms in total. The highest BCUT2D eigenvalue weighted by Gasteiger charge is 2.32. The molecule has 0 aliphatic carbocycles. The second kappa shape index (κ2) is 10.1. The topological polar surface area (TPSA) is 116 Å². The molecular formula is C22H30N6O4. The Hall–Kier alpha value is -2.98. The summed E-state index contributed by atoms with van der Waals surface area (Å²) in [5.74, 6) is 1.24. The first-order chi connectivity index (χ1) is 15.5. The number of nitrogen functional groups attached to an aromatic ring is 1. The number of anilines is 2. The Balaban J connectivity index is 1.40. The van der Waals surface area contributed by atoms with E-state index in [1.54, 1.807) is 18.2 Å². The zero-order valence-corrected chi connectivity index (χ0v) is 18.6. The number of nitrogens with two attached hydrogens (primary N) is 1. The normalized spacial score (nSPS) is 18.6. The maximum atomic E-state index is 12.6. The third-order valence-corrected chi connectivity index (χ3v) is 5.88. The Morgan fingerprint density at radius 3 is 2.81 bits per heavy atom. The van der Waals surface area contributed by atoms with Crippen molar-refractivity contribution in [3.63, 3.8) is 0 Å². The predicted octanol–water partition coefficient (Wildman–Crippen LogP) is 1.43. The van der Waals surface area contributed by atoms with E-state index < -0.39 is 0 Å². The van der Waals surface area contributed by atoms with Crippen molar-refractivity contribution in [2.75, 3.05) is 51.2 Å². The average molecular weight is 443 g/mol. The van der Waals surface area contributed by atoms with Crippen LogP contribution < -0.4 is 20.1 Å². The third-order valence-electron chi connectivity index (χ3n) is 5.88. The number of nitrogens with zero attached hydrogens (tertiary/aromatic N) is 5. The summed E-state index contributed by atoms with van der Waals surface area (Å²) in [6.07, 6.45) is 5.53. The van der Waals surface area contributed by atoms with E-state index in [0.717, 1.165) is 18.5 Å². The van der Waals surface area contributed by atoms with Crippen molar-refractivity contribution in [3.8, 4) is 11.9 Å². The van der Waals surface area contributed by atoms with E-state index in [-0.39, 0.29) is 24.2 Å². The number of likely N-dealkylation sites (N-methyl/N-ethyl adjacent to an activating group) is 1. The van der Waals surface area contributed by atoms with Crippen LogP contribution >= 0.6 is 0 Å². The molecule has 1 saturated heterocycles. The molecule has 0 aromatic carbocycles. The molecule has 10 heteroatoms. The van der Waals surface area contributed by atoms with E-state index in [4.69, 9.17) is 19.9 Å². The maximum absolute atomic E-state index is 12.6. The number of methoxy groups -OCH3 is 1. The van der Waals surface area contributed by atoms with Crippen molar-refractivity contribution in [1.29, 1.82) is 0 Å². The van der Waals surface area contributed by atoms with Gasteiger partial charge in [0.1, 0.15) is 24.8 Å². The summed E-state index contributed by atoms with van der Waals surface area (Å²) in [6.45, 7) is 2.77. The lowest BCUT2D eigenvalue weighted by atomic mass is 10.0. The lowest BCUT2D eigenvalue weighted by Crippen LogP contribution is -2.40. The van der Waals surface area contributed by atoms with Gasteiger partial charge in [0.05, 0.1) is 19.6 Å². The Morgan fingerprint density at radius 2 is 2.06 bits per heavy atom. The van der Waals surface area contributed by atoms with Gasteiger partial charge in [0.15, 0.2) is 0 Å². The first kappa shape index (κ1) is 22.2. The van der Waals surface area contributed by atoms with Gasteiger partial charge in [-0.1, -0.05) is 12.5 Å². The van der Waals surface area contributed by atoms with Gasteiger partial charge in [-0.05, 0) is 32.0 Å². The second-order valence-electron chi connectivity index (χ2n) is 8.14. The minimum Gasteiger partial charge on any atom is -0.476 e. The van der Waals surface area contributed by atoms with Crippen LogP contribution in [0.3, 0.4) is 0 Å². The number of fused-ring (bicyclic) bond motifs is 1. The van der Waals surface area contributed by atoms with Gasteiger partial charge in [-0.15, -0.1) is 0 Å². The van der Waals surface area contributed by atoms with Gasteiger partial charge in [-0.3, -0.25) is 9.69 Å². The molecule has 1 fully saturated rings. The molecule has 2 aliphatic heterocycles. The molecule has 0 saturated carbocycles. The van der Waals surface area contributed by atoms with Crippen LogP contribution in [0, 0.1) is 0 Å². The van der Waals surface area contributed by atoms with Gasteiger partial charge >= 0.3 is 6.01 Å². The molecule has 2 aliphatic rings. The van der Waals surface area contributed by atoms with Crippen molar-refractivity contribution >= 4 is 17.5 Å². The zero-order chi connectivity index (χ0) is 22.5. The number of ether oxygens (including phenoxy) is 3. The number of amides is 1. The van der Waals surface area contributed by atoms with Gasteiger partial charge in [0.25, 0.3) is 0 Å². The highest BCUT2D eigenvalue weighted by molar-refractivity contribution is 6.01. The Bertz CT molecular complexity index is 939. The van der Waals surface area contributed by atoms with E-state index in [9.17, 15) is 4.79 Å². The summed E-state index contributed by atoms with van der Waals surface area (Å²) >= 11 is 0. The van der Waals surface area contributed by atoms with Crippen LogP contribution in [-0.2, 0) is 22.5 Å². The Kier molecular flexibility index (Phi) is 7.01. The summed E-state index contributed by atoms with van der Waals surface area (Å²) in [7, 11) is 3.72. The van der Waals surface area contributed by atoms with Crippen LogP contribution in [0.15, 0.2) is 18.3 Å². The molecule has 172 valence electrons. The standard InChI is InChI=1S/C22H30N6O4/c1-27-8-4-3-5-16(27)14-32-18-7-6-15(12-24-18)13-28-19(29)11-17-20(23)25-22(26-21(17)28)31-10-9-30-2/h6-7,12,16H,3-5,8-11,13-14H2,1-2H3,(H2,23,25,26). The molecule has 2 N–H and O–H groups in total. The SMILES string of the molecule is COCCOc1nc(N)c2c(n1)N(Cc1ccc(OCC3CCCCN3C)nc1)C(=O)C2. The summed E-state index contributed by atoms with van der Waals surface area (Å²) < 4.78 is 16.4. The minimum atomic E-state index is -0.0873. The second-order valence-corrected chi connectivity index (χ2v) is 8.14. The molecule has 4 rings (SSSR count). The molecule has 1 amide bonds. The summed E-state index contributed by atoms with van der Waals surface area (Å²) in [5.41, 5.74) is 7.54. The number of rotatable bonds is 9. The molecule has 0 spiro atoms. The molecule has 2 aromatic rings. The van der Waals surface area contributed by atoms with E-state index in [2.05, 4.69) is 26.9 Å². The lowest BCUT2D eigenvalue weighted by molar-refractivity contribution is -0.117. The highest BCUT2D eigenvalue weighted by Crippen LogP contribution is 2.33. The third kappa shape index (κ3) is 5.08. The summed E-state index contributed by atoms with van der Waals surface area (Å²) in [4.78, 5) is 29.5. The molecule has 0 bridgehead atoms. The monoisotopic (exact) mass is 442 g/mol. The van der Waals surface area contributed by atoms with Gasteiger partial charge in [0, 0.05) is 31.0 Å². The van der Waals surface area contributed by atoms with Crippen molar-refractivity contribution in [2.45, 2.75) is 38.3 Å². The van der Waals surface area contributed by atoms with E-state index >= 15 is 0 Å². The maximum Gasteiger partial charge on any atom is 0.320 e. The van der Waals surface area contributed by atoms with Crippen molar-refractivity contribution in [2.24, 2.45) is 0 Å². The molecular weight excluding hydrogens is 412 g/mol. The van der Waals surface area contributed by atoms with Crippen LogP contribution in [0.25, 0.3) is 0 Å². The van der Waals surface area contributed by atoms with Crippen LogP contribution in [0.1, 0.15) is 30.4 Å². The number of piperidine rings is 1. The summed E-state index contributed by atoms with van der Waals surface area (Å²) in [5, 5.41) is 0. The summed E-state index contributed by atoms with van der Waals surface area (Å²) in [6, 6.07) is 4.31. The molecule has 1 unspecified atom stereocenters. The number of hydrogen-bond acceptors (Lipinski definition) is 9. The fourth-order valence-corrected chi connectivity index (χ4v) is 3.98. The highest BCUT2D eigenvalue weighted by atomic mass is 16.5. The zero-order valence-electron chi connectivity index (χ0n) is 18.6. The van der Waals surface area contributed by atoms with Crippen LogP contribution in [0.4, 0.5) is 11.6 Å². The Labute approximate surface area is 187 Å². The fourth-order valence-electron chi connectivity index (χ4n) is 3.98. The van der Waals surface area contributed by atoms with Crippen molar-refractivity contribution < 1.29 is 19.0 Å². The van der Waals surface area contributed by atoms with E-state index in [0.29, 0.717) is 49.7 Å². The predicted molar refractivity (Wildman–Crippen MR) is 119 cm³/mol. The number of carbonyl (C=O) groups is 1. The number of pyridine rings is 1. The first-order valence-corrected chi connectivity index (χ1v) is 10.9. The average Bonchev–Trinajstić information content (AvgIpc) is 3.10. The van der Waals surface area contributed by atoms with Gasteiger partial charge in [0.2, 0.25) is 11.8 Å². The minimum absolute atomic E-state index is 0.0873. The molecule has 1 atom stereocenters. The van der Waals surface area contributed by atoms with E-state index in [1.165, 1.54) is 12.8 Å². The van der Waals surface area contributed by atoms with Crippen molar-refractivity contribution in [1.82, 2.24) is 19.9 Å². The van der Waals surface area contributed by atoms with Gasteiger partial charge in [-0.2, -0.15) is 9.97 Å². The molecule has 2 aromatic heterocycles. The number of likely N-dealkylation sites (tertiary alicyclic amines) is 1. The van der Waals surface area contributed by atoms with Gasteiger partial charge in [-0.25, -0.2) is 4.98 Å². The van der Waals surface area contributed by atoms with E-state index in [1.807, 2.05) is 12.1 Å². The number of carbonyl (C=O) groups excluding carboxylic acids is 1. The van der Waals surface area contributed by atoms with Gasteiger partial charge < -0.3 is 24.8 Å². The smallest absolute Gasteiger partial charge is 0.320 e. The number of hydrogen-bond donors (Lipinski definition) is 1. The molecule has 32 heavy (non-hydrogen) atoms.